The maximum atomic E-state index is 5.28. The molecule has 7 nitrogen and oxygen atoms in total. The van der Waals surface area contributed by atoms with Crippen molar-refractivity contribution >= 4 is 31.9 Å². The molecule has 0 amide bonds. The molecule has 4 aliphatic rings. The van der Waals surface area contributed by atoms with Gasteiger partial charge in [0.1, 0.15) is 17.1 Å². The maximum absolute atomic E-state index is 5.28. The van der Waals surface area contributed by atoms with Crippen LogP contribution in [-0.2, 0) is 13.1 Å². The van der Waals surface area contributed by atoms with Crippen LogP contribution in [0, 0.1) is 6.92 Å². The fourth-order valence-electron chi connectivity index (χ4n) is 5.51. The van der Waals surface area contributed by atoms with Gasteiger partial charge < -0.3 is 13.9 Å². The highest BCUT2D eigenvalue weighted by molar-refractivity contribution is 9.10. The van der Waals surface area contributed by atoms with Gasteiger partial charge in [-0.2, -0.15) is 0 Å². The number of hydrogen-bond acceptors (Lipinski definition) is 5. The van der Waals surface area contributed by atoms with Crippen LogP contribution in [-0.4, -0.2) is 36.2 Å². The minimum absolute atomic E-state index is 0.718. The number of aryl methyl sites for hydroxylation is 1. The first-order chi connectivity index (χ1) is 23.9. The molecule has 0 spiro atoms. The molecular formula is C40H32Br2N6O. The van der Waals surface area contributed by atoms with E-state index in [2.05, 4.69) is 142 Å². The lowest BCUT2D eigenvalue weighted by Crippen LogP contribution is -2.00. The van der Waals surface area contributed by atoms with E-state index in [0.29, 0.717) is 0 Å². The highest BCUT2D eigenvalue weighted by Gasteiger charge is 2.14. The van der Waals surface area contributed by atoms with Crippen LogP contribution >= 0.6 is 31.9 Å². The number of benzene rings is 4. The normalized spacial score (nSPS) is 11.0. The summed E-state index contributed by atoms with van der Waals surface area (Å²) in [6.07, 6.45) is 8.19. The molecule has 0 N–H and O–H groups in total. The molecule has 0 bridgehead atoms. The van der Waals surface area contributed by atoms with Crippen molar-refractivity contribution in [1.82, 2.24) is 29.1 Å². The second-order valence-corrected chi connectivity index (χ2v) is 13.6. The third-order valence-corrected chi connectivity index (χ3v) is 9.07. The SMILES string of the molecule is COc1cccc(-c2nc3ccn(Cc4ccc(Br)cc4)cc-3n2)c1.Cc1cccc(-c2nc3ccn(Cc4ccc(Br)cc4)cc-3n2)c1. The fourth-order valence-corrected chi connectivity index (χ4v) is 6.03. The summed E-state index contributed by atoms with van der Waals surface area (Å²) in [4.78, 5) is 18.7. The van der Waals surface area contributed by atoms with Gasteiger partial charge in [-0.05, 0) is 72.6 Å². The molecule has 0 unspecified atom stereocenters. The highest BCUT2D eigenvalue weighted by Crippen LogP contribution is 2.28. The van der Waals surface area contributed by atoms with E-state index < -0.39 is 0 Å². The molecule has 0 radical (unpaired) electrons. The number of rotatable bonds is 7. The number of halogens is 2. The first-order valence-corrected chi connectivity index (χ1v) is 17.3. The molecule has 9 heteroatoms. The van der Waals surface area contributed by atoms with Gasteiger partial charge >= 0.3 is 0 Å². The lowest BCUT2D eigenvalue weighted by atomic mass is 10.1. The molecule has 4 aliphatic heterocycles. The summed E-state index contributed by atoms with van der Waals surface area (Å²) in [7, 11) is 1.66. The Kier molecular flexibility index (Phi) is 9.63. The van der Waals surface area contributed by atoms with Gasteiger partial charge in [0.2, 0.25) is 0 Å². The highest BCUT2D eigenvalue weighted by atomic mass is 79.9. The van der Waals surface area contributed by atoms with E-state index in [1.165, 1.54) is 16.7 Å². The lowest BCUT2D eigenvalue weighted by Gasteiger charge is -2.08. The first kappa shape index (κ1) is 32.4. The Morgan fingerprint density at radius 1 is 0.551 bits per heavy atom. The van der Waals surface area contributed by atoms with Crippen LogP contribution in [0.15, 0.2) is 143 Å². The van der Waals surface area contributed by atoms with Gasteiger partial charge in [-0.15, -0.1) is 0 Å². The molecule has 4 aromatic carbocycles. The van der Waals surface area contributed by atoms with Crippen molar-refractivity contribution in [1.29, 1.82) is 0 Å². The van der Waals surface area contributed by atoms with Crippen molar-refractivity contribution in [3.05, 3.63) is 160 Å². The van der Waals surface area contributed by atoms with Gasteiger partial charge in [0.25, 0.3) is 0 Å². The van der Waals surface area contributed by atoms with Crippen LogP contribution in [0.5, 0.6) is 5.75 Å². The maximum Gasteiger partial charge on any atom is 0.160 e. The number of methoxy groups -OCH3 is 1. The number of fused-ring (bicyclic) bond motifs is 2. The first-order valence-electron chi connectivity index (χ1n) is 15.8. The Morgan fingerprint density at radius 2 is 1.02 bits per heavy atom. The molecule has 0 aromatic heterocycles. The Hall–Kier alpha value is -5.12. The van der Waals surface area contributed by atoms with E-state index in [1.807, 2.05) is 54.9 Å². The molecular weight excluding hydrogens is 740 g/mol. The van der Waals surface area contributed by atoms with Crippen LogP contribution < -0.4 is 4.74 Å². The van der Waals surface area contributed by atoms with Gasteiger partial charge in [-0.25, -0.2) is 19.9 Å². The molecule has 0 saturated carbocycles. The van der Waals surface area contributed by atoms with Gasteiger partial charge in [0.05, 0.1) is 18.5 Å². The summed E-state index contributed by atoms with van der Waals surface area (Å²) in [6, 6.07) is 36.8. The van der Waals surface area contributed by atoms with Crippen molar-refractivity contribution in [3.63, 3.8) is 0 Å². The Labute approximate surface area is 302 Å². The molecule has 49 heavy (non-hydrogen) atoms. The average Bonchev–Trinajstić information content (AvgIpc) is 3.75. The molecule has 0 fully saturated rings. The van der Waals surface area contributed by atoms with Crippen LogP contribution in [0.4, 0.5) is 0 Å². The van der Waals surface area contributed by atoms with Crippen LogP contribution in [0.3, 0.4) is 0 Å². The number of ether oxygens (including phenoxy) is 1. The molecule has 0 aliphatic carbocycles. The van der Waals surface area contributed by atoms with Crippen molar-refractivity contribution in [2.24, 2.45) is 0 Å². The molecule has 0 atom stereocenters. The zero-order valence-corrected chi connectivity index (χ0v) is 30.1. The van der Waals surface area contributed by atoms with Gasteiger partial charge in [-0.3, -0.25) is 0 Å². The van der Waals surface area contributed by atoms with Gasteiger partial charge in [0, 0.05) is 57.9 Å². The Balaban J connectivity index is 0.000000154. The standard InChI is InChI=1S/C20H16BrN3O.C20H16BrN3/c1-25-17-4-2-3-15(11-17)20-22-18-9-10-24(13-19(18)23-20)12-14-5-7-16(21)8-6-14;1-14-3-2-4-16(11-14)20-22-18-9-10-24(13-19(18)23-20)12-15-5-7-17(21)8-6-15/h2-11,13H,12H2,1H3;2-11,13H,12H2,1H3. The van der Waals surface area contributed by atoms with E-state index in [9.17, 15) is 0 Å². The minimum atomic E-state index is 0.718. The number of aromatic nitrogens is 6. The van der Waals surface area contributed by atoms with Crippen LogP contribution in [0.2, 0.25) is 0 Å². The zero-order chi connectivity index (χ0) is 33.7. The Bertz CT molecular complexity index is 2260. The summed E-state index contributed by atoms with van der Waals surface area (Å²) >= 11 is 6.93. The third-order valence-electron chi connectivity index (χ3n) is 8.02. The van der Waals surface area contributed by atoms with Crippen LogP contribution in [0.25, 0.3) is 45.6 Å². The van der Waals surface area contributed by atoms with Crippen LogP contribution in [0.1, 0.15) is 16.7 Å². The quantitative estimate of drug-likeness (QED) is 0.161. The summed E-state index contributed by atoms with van der Waals surface area (Å²) in [5.74, 6) is 2.31. The predicted octanol–water partition coefficient (Wildman–Crippen LogP) is 10.0. The van der Waals surface area contributed by atoms with E-state index in [0.717, 1.165) is 73.3 Å². The summed E-state index contributed by atoms with van der Waals surface area (Å²) in [5, 5.41) is 0. The third kappa shape index (κ3) is 7.96. The van der Waals surface area contributed by atoms with Crippen molar-refractivity contribution in [3.8, 4) is 51.3 Å². The van der Waals surface area contributed by atoms with E-state index in [-0.39, 0.29) is 0 Å². The molecule has 0 saturated heterocycles. The second-order valence-electron chi connectivity index (χ2n) is 11.7. The van der Waals surface area contributed by atoms with E-state index >= 15 is 0 Å². The number of hydrogen-bond donors (Lipinski definition) is 0. The molecule has 4 heterocycles. The van der Waals surface area contributed by atoms with E-state index in [4.69, 9.17) is 9.72 Å². The fraction of sp³-hybridized carbons (Fsp3) is 0.100. The monoisotopic (exact) mass is 770 g/mol. The lowest BCUT2D eigenvalue weighted by molar-refractivity contribution is 0.415. The molecule has 242 valence electrons. The average molecular weight is 773 g/mol. The number of pyridine rings is 2. The predicted molar refractivity (Wildman–Crippen MR) is 202 cm³/mol. The summed E-state index contributed by atoms with van der Waals surface area (Å²) < 4.78 is 11.7. The minimum Gasteiger partial charge on any atom is -0.497 e. The van der Waals surface area contributed by atoms with Gasteiger partial charge in [0.15, 0.2) is 11.6 Å². The largest absolute Gasteiger partial charge is 0.497 e. The van der Waals surface area contributed by atoms with Crippen molar-refractivity contribution in [2.75, 3.05) is 7.11 Å². The van der Waals surface area contributed by atoms with Crippen molar-refractivity contribution < 1.29 is 4.74 Å². The second kappa shape index (κ2) is 14.6. The zero-order valence-electron chi connectivity index (χ0n) is 27.0. The summed E-state index contributed by atoms with van der Waals surface area (Å²) in [5.41, 5.74) is 9.35. The molecule has 8 rings (SSSR count). The van der Waals surface area contributed by atoms with Gasteiger partial charge in [-0.1, -0.05) is 92.0 Å². The van der Waals surface area contributed by atoms with Crippen molar-refractivity contribution in [2.45, 2.75) is 20.0 Å². The Morgan fingerprint density at radius 3 is 1.51 bits per heavy atom. The number of nitrogens with zero attached hydrogens (tertiary/aromatic N) is 6. The van der Waals surface area contributed by atoms with E-state index in [1.54, 1.807) is 7.11 Å². The smallest absolute Gasteiger partial charge is 0.160 e. The molecule has 4 aromatic rings. The number of imidazole rings is 2. The summed E-state index contributed by atoms with van der Waals surface area (Å²) in [6.45, 7) is 3.69. The topological polar surface area (TPSA) is 70.7 Å².